The summed E-state index contributed by atoms with van der Waals surface area (Å²) >= 11 is 7.46. The molecule has 0 spiro atoms. The third kappa shape index (κ3) is 4.86. The lowest BCUT2D eigenvalue weighted by atomic mass is 10.2. The molecule has 1 unspecified atom stereocenters. The smallest absolute Gasteiger partial charge is 0.320 e. The molecule has 0 radical (unpaired) electrons. The van der Waals surface area contributed by atoms with E-state index in [1.54, 1.807) is 11.0 Å². The summed E-state index contributed by atoms with van der Waals surface area (Å²) in [5.41, 5.74) is 3.40. The summed E-state index contributed by atoms with van der Waals surface area (Å²) in [7, 11) is 0. The largest absolute Gasteiger partial charge is 0.322 e. The second kappa shape index (κ2) is 9.03. The van der Waals surface area contributed by atoms with Gasteiger partial charge in [0.1, 0.15) is 5.01 Å². The molecule has 0 saturated carbocycles. The van der Waals surface area contributed by atoms with E-state index in [0.29, 0.717) is 27.9 Å². The Morgan fingerprint density at radius 1 is 1.06 bits per heavy atom. The van der Waals surface area contributed by atoms with Gasteiger partial charge in [-0.05, 0) is 56.5 Å². The molecule has 0 aliphatic carbocycles. The fourth-order valence-corrected chi connectivity index (χ4v) is 4.63. The number of hydrogen-bond acceptors (Lipinski definition) is 5. The van der Waals surface area contributed by atoms with Crippen LogP contribution in [0.1, 0.15) is 44.8 Å². The van der Waals surface area contributed by atoms with E-state index in [0.717, 1.165) is 24.0 Å². The molecule has 1 aliphatic heterocycles. The first kappa shape index (κ1) is 21.3. The molecule has 0 bridgehead atoms. The van der Waals surface area contributed by atoms with Crippen LogP contribution in [0, 0.1) is 13.8 Å². The first-order valence-corrected chi connectivity index (χ1v) is 11.2. The van der Waals surface area contributed by atoms with Gasteiger partial charge >= 0.3 is 6.03 Å². The molecule has 3 amide bonds. The predicted octanol–water partition coefficient (Wildman–Crippen LogP) is 5.43. The van der Waals surface area contributed by atoms with Crippen molar-refractivity contribution in [2.75, 3.05) is 17.2 Å². The summed E-state index contributed by atoms with van der Waals surface area (Å²) in [6.45, 7) is 4.53. The molecule has 1 fully saturated rings. The number of nitrogens with zero attached hydrogens (tertiary/aromatic N) is 3. The molecule has 2 heterocycles. The number of halogens is 1. The molecular weight excluding hydrogens is 434 g/mol. The topological polar surface area (TPSA) is 87.2 Å². The average Bonchev–Trinajstić information content (AvgIpc) is 3.41. The highest BCUT2D eigenvalue weighted by Crippen LogP contribution is 2.34. The van der Waals surface area contributed by atoms with E-state index in [1.165, 1.54) is 11.3 Å². The zero-order valence-corrected chi connectivity index (χ0v) is 18.8. The van der Waals surface area contributed by atoms with E-state index in [2.05, 4.69) is 20.8 Å². The van der Waals surface area contributed by atoms with Crippen molar-refractivity contribution in [3.63, 3.8) is 0 Å². The zero-order chi connectivity index (χ0) is 22.0. The Balaban J connectivity index is 1.45. The van der Waals surface area contributed by atoms with Crippen molar-refractivity contribution in [1.29, 1.82) is 0 Å². The Bertz CT molecular complexity index is 1120. The first-order chi connectivity index (χ1) is 14.9. The number of anilines is 2. The number of likely N-dealkylation sites (tertiary alicyclic amines) is 1. The van der Waals surface area contributed by atoms with Crippen LogP contribution >= 0.6 is 22.9 Å². The summed E-state index contributed by atoms with van der Waals surface area (Å²) in [5.74, 6) is -0.312. The Morgan fingerprint density at radius 3 is 2.55 bits per heavy atom. The highest BCUT2D eigenvalue weighted by molar-refractivity contribution is 7.13. The molecule has 2 N–H and O–H groups in total. The van der Waals surface area contributed by atoms with Gasteiger partial charge in [-0.3, -0.25) is 4.79 Å². The van der Waals surface area contributed by atoms with Crippen LogP contribution in [0.5, 0.6) is 0 Å². The average molecular weight is 456 g/mol. The molecule has 160 valence electrons. The number of urea groups is 1. The summed E-state index contributed by atoms with van der Waals surface area (Å²) in [4.78, 5) is 27.1. The quantitative estimate of drug-likeness (QED) is 0.549. The summed E-state index contributed by atoms with van der Waals surface area (Å²) < 4.78 is 0. The number of carbonyl (C=O) groups excluding carboxylic acids is 2. The van der Waals surface area contributed by atoms with Gasteiger partial charge in [0.15, 0.2) is 0 Å². The van der Waals surface area contributed by atoms with Crippen LogP contribution in [0.25, 0.3) is 0 Å². The third-order valence-corrected chi connectivity index (χ3v) is 6.45. The third-order valence-electron chi connectivity index (χ3n) is 5.11. The minimum Gasteiger partial charge on any atom is -0.320 e. The van der Waals surface area contributed by atoms with Crippen molar-refractivity contribution in [2.45, 2.75) is 32.7 Å². The van der Waals surface area contributed by atoms with Crippen molar-refractivity contribution in [1.82, 2.24) is 15.1 Å². The van der Waals surface area contributed by atoms with Gasteiger partial charge in [0.25, 0.3) is 5.91 Å². The molecule has 1 saturated heterocycles. The molecule has 9 heteroatoms. The van der Waals surface area contributed by atoms with Crippen LogP contribution < -0.4 is 10.6 Å². The lowest BCUT2D eigenvalue weighted by Gasteiger charge is -2.23. The van der Waals surface area contributed by atoms with Crippen molar-refractivity contribution in [3.8, 4) is 0 Å². The number of nitrogens with one attached hydrogen (secondary N) is 2. The highest BCUT2D eigenvalue weighted by Gasteiger charge is 2.33. The molecule has 1 aliphatic rings. The lowest BCUT2D eigenvalue weighted by molar-refractivity contribution is 0.102. The van der Waals surface area contributed by atoms with Gasteiger partial charge in [-0.1, -0.05) is 46.7 Å². The van der Waals surface area contributed by atoms with Gasteiger partial charge in [0.2, 0.25) is 5.01 Å². The first-order valence-electron chi connectivity index (χ1n) is 9.96. The second-order valence-electron chi connectivity index (χ2n) is 7.53. The number of aryl methyl sites for hydroxylation is 2. The molecule has 1 aromatic heterocycles. The maximum Gasteiger partial charge on any atom is 0.322 e. The Kier molecular flexibility index (Phi) is 6.20. The minimum absolute atomic E-state index is 0.220. The van der Waals surface area contributed by atoms with E-state index in [4.69, 9.17) is 11.6 Å². The maximum absolute atomic E-state index is 12.9. The summed E-state index contributed by atoms with van der Waals surface area (Å²) in [5, 5.41) is 15.4. The van der Waals surface area contributed by atoms with Crippen LogP contribution in [0.15, 0.2) is 42.5 Å². The van der Waals surface area contributed by atoms with Gasteiger partial charge in [0.05, 0.1) is 16.8 Å². The minimum atomic E-state index is -0.312. The van der Waals surface area contributed by atoms with E-state index in [9.17, 15) is 9.59 Å². The monoisotopic (exact) mass is 455 g/mol. The van der Waals surface area contributed by atoms with Crippen LogP contribution in [-0.2, 0) is 0 Å². The maximum atomic E-state index is 12.9. The fourth-order valence-electron chi connectivity index (χ4n) is 3.46. The van der Waals surface area contributed by atoms with Gasteiger partial charge in [-0.15, -0.1) is 10.2 Å². The summed E-state index contributed by atoms with van der Waals surface area (Å²) in [6.07, 6.45) is 1.62. The Hall–Kier alpha value is -2.97. The van der Waals surface area contributed by atoms with Crippen molar-refractivity contribution < 1.29 is 9.59 Å². The lowest BCUT2D eigenvalue weighted by Crippen LogP contribution is -2.34. The molecular formula is C22H22ClN5O2S. The van der Waals surface area contributed by atoms with Crippen LogP contribution in [-0.4, -0.2) is 33.6 Å². The Labute approximate surface area is 189 Å². The van der Waals surface area contributed by atoms with E-state index in [-0.39, 0.29) is 23.0 Å². The van der Waals surface area contributed by atoms with E-state index >= 15 is 0 Å². The number of aromatic nitrogens is 2. The number of carbonyl (C=O) groups is 2. The van der Waals surface area contributed by atoms with Gasteiger partial charge in [-0.25, -0.2) is 4.79 Å². The zero-order valence-electron chi connectivity index (χ0n) is 17.2. The van der Waals surface area contributed by atoms with Gasteiger partial charge in [0, 0.05) is 12.2 Å². The van der Waals surface area contributed by atoms with Crippen LogP contribution in [0.2, 0.25) is 5.02 Å². The van der Waals surface area contributed by atoms with E-state index in [1.807, 2.05) is 50.2 Å². The number of amides is 3. The molecule has 7 nitrogen and oxygen atoms in total. The molecule has 2 aromatic carbocycles. The van der Waals surface area contributed by atoms with Gasteiger partial charge in [-0.2, -0.15) is 0 Å². The predicted molar refractivity (Wildman–Crippen MR) is 123 cm³/mol. The SMILES string of the molecule is Cc1ccc(NC(=O)c2nnc(C3CCCN3C(=O)Nc3ccc(C)cc3Cl)s2)cc1. The normalized spacial score (nSPS) is 15.7. The number of rotatable bonds is 4. The van der Waals surface area contributed by atoms with Crippen LogP contribution in [0.4, 0.5) is 16.2 Å². The van der Waals surface area contributed by atoms with Crippen molar-refractivity contribution in [3.05, 3.63) is 68.6 Å². The molecule has 1 atom stereocenters. The molecule has 3 aromatic rings. The summed E-state index contributed by atoms with van der Waals surface area (Å²) in [6, 6.07) is 12.6. The number of hydrogen-bond donors (Lipinski definition) is 2. The van der Waals surface area contributed by atoms with E-state index < -0.39 is 0 Å². The van der Waals surface area contributed by atoms with Crippen LogP contribution in [0.3, 0.4) is 0 Å². The Morgan fingerprint density at radius 2 is 1.81 bits per heavy atom. The number of benzene rings is 2. The van der Waals surface area contributed by atoms with Gasteiger partial charge < -0.3 is 15.5 Å². The molecule has 31 heavy (non-hydrogen) atoms. The fraction of sp³-hybridized carbons (Fsp3) is 0.273. The molecule has 4 rings (SSSR count). The van der Waals surface area contributed by atoms with Crippen molar-refractivity contribution >= 4 is 46.3 Å². The van der Waals surface area contributed by atoms with Crippen molar-refractivity contribution in [2.24, 2.45) is 0 Å². The highest BCUT2D eigenvalue weighted by atomic mass is 35.5. The standard InChI is InChI=1S/C22H22ClN5O2S/c1-13-5-8-15(9-6-13)24-19(29)21-27-26-20(31-21)18-4-3-11-28(18)22(30)25-17-10-7-14(2)12-16(17)23/h5-10,12,18H,3-4,11H2,1-2H3,(H,24,29)(H,25,30). The second-order valence-corrected chi connectivity index (χ2v) is 8.95.